The number of rotatable bonds is 13. The smallest absolute Gasteiger partial charge is 0.407 e. The number of hydrogen-bond acceptors (Lipinski definition) is 6. The van der Waals surface area contributed by atoms with E-state index in [1.807, 2.05) is 13.8 Å². The minimum atomic E-state index is -0.959. The van der Waals surface area contributed by atoms with Crippen LogP contribution in [0, 0.1) is 11.2 Å². The molecule has 0 aliphatic carbocycles. The monoisotopic (exact) mass is 515 g/mol. The van der Waals surface area contributed by atoms with Crippen LogP contribution in [0.15, 0.2) is 24.3 Å². The van der Waals surface area contributed by atoms with Crippen LogP contribution in [-0.2, 0) is 13.0 Å². The summed E-state index contributed by atoms with van der Waals surface area (Å²) in [7, 11) is 2.74. The van der Waals surface area contributed by atoms with Crippen molar-refractivity contribution in [1.29, 1.82) is 5.41 Å². The van der Waals surface area contributed by atoms with Gasteiger partial charge in [-0.1, -0.05) is 25.5 Å². The summed E-state index contributed by atoms with van der Waals surface area (Å²) in [5.74, 6) is -0.354. The predicted octanol–water partition coefficient (Wildman–Crippen LogP) is 4.59. The second kappa shape index (κ2) is 12.4. The molecule has 0 radical (unpaired) electrons. The Morgan fingerprint density at radius 2 is 1.89 bits per heavy atom. The first kappa shape index (κ1) is 27.8. The normalized spacial score (nSPS) is 12.4. The molecule has 1 aliphatic rings. The summed E-state index contributed by atoms with van der Waals surface area (Å²) in [6, 6.07) is 6.73. The molecule has 1 amide bonds. The zero-order valence-corrected chi connectivity index (χ0v) is 21.7. The molecule has 2 aromatic carbocycles. The van der Waals surface area contributed by atoms with Crippen molar-refractivity contribution in [2.24, 2.45) is 0 Å². The molecule has 0 aromatic heterocycles. The van der Waals surface area contributed by atoms with E-state index in [9.17, 15) is 14.7 Å². The van der Waals surface area contributed by atoms with Crippen LogP contribution < -0.4 is 14.2 Å². The number of ether oxygens (including phenoxy) is 3. The number of Topliss-reactive ketones (excluding diaryl/α,β-unsaturated/α-hetero) is 1. The molecule has 1 heterocycles. The number of methoxy groups -OCH3 is 2. The van der Waals surface area contributed by atoms with E-state index < -0.39 is 11.9 Å². The Morgan fingerprint density at radius 3 is 2.51 bits per heavy atom. The number of hydrogen-bond donors (Lipinski definition) is 2. The van der Waals surface area contributed by atoms with Gasteiger partial charge in [0.1, 0.15) is 11.6 Å². The number of amidine groups is 1. The van der Waals surface area contributed by atoms with Gasteiger partial charge in [-0.2, -0.15) is 0 Å². The van der Waals surface area contributed by atoms with E-state index in [1.165, 1.54) is 24.0 Å². The van der Waals surface area contributed by atoms with Crippen LogP contribution in [0.5, 0.6) is 17.2 Å². The van der Waals surface area contributed by atoms with Crippen molar-refractivity contribution in [2.75, 3.05) is 40.5 Å². The zero-order valence-electron chi connectivity index (χ0n) is 21.7. The van der Waals surface area contributed by atoms with Crippen LogP contribution in [0.2, 0.25) is 0 Å². The lowest BCUT2D eigenvalue weighted by atomic mass is 10.0. The van der Waals surface area contributed by atoms with E-state index in [-0.39, 0.29) is 41.8 Å². The summed E-state index contributed by atoms with van der Waals surface area (Å²) in [5.41, 5.74) is 1.85. The van der Waals surface area contributed by atoms with Gasteiger partial charge in [-0.25, -0.2) is 9.18 Å². The second-order valence-electron chi connectivity index (χ2n) is 8.72. The maximum atomic E-state index is 15.0. The van der Waals surface area contributed by atoms with Crippen LogP contribution in [0.3, 0.4) is 0 Å². The first-order valence-electron chi connectivity index (χ1n) is 12.3. The van der Waals surface area contributed by atoms with Crippen LogP contribution in [0.25, 0.3) is 0 Å². The first-order chi connectivity index (χ1) is 17.7. The number of carbonyl (C=O) groups is 2. The number of nitrogens with zero attached hydrogens (tertiary/aromatic N) is 2. The highest BCUT2D eigenvalue weighted by molar-refractivity contribution is 6.06. The molecule has 2 N–H and O–H groups in total. The number of halogens is 1. The SMILES string of the molecule is CCCCN(CCc1ccc(C(=O)CN2Cc3cc(OC)c(OC)c(F)c3C2=N)cc1OCC)C(=O)O. The predicted molar refractivity (Wildman–Crippen MR) is 137 cm³/mol. The van der Waals surface area contributed by atoms with Crippen molar-refractivity contribution in [2.45, 2.75) is 39.7 Å². The van der Waals surface area contributed by atoms with Crippen LogP contribution >= 0.6 is 0 Å². The van der Waals surface area contributed by atoms with Gasteiger partial charge in [0, 0.05) is 25.2 Å². The minimum Gasteiger partial charge on any atom is -0.494 e. The lowest BCUT2D eigenvalue weighted by Crippen LogP contribution is -2.32. The van der Waals surface area contributed by atoms with Gasteiger partial charge in [0.2, 0.25) is 0 Å². The third kappa shape index (κ3) is 6.12. The van der Waals surface area contributed by atoms with Gasteiger partial charge in [0.15, 0.2) is 23.1 Å². The standard InChI is InChI=1S/C27H34FN3O6/c1-5-7-11-30(27(33)34)12-10-17-8-9-18(13-21(17)37-6-2)20(32)16-31-15-19-14-22(35-3)25(36-4)24(28)23(19)26(31)29/h8-9,13-14,29H,5-7,10-12,15-16H2,1-4H3,(H,33,34). The number of benzene rings is 2. The number of ketones is 1. The Bertz CT molecular complexity index is 1170. The Labute approximate surface area is 216 Å². The summed E-state index contributed by atoms with van der Waals surface area (Å²) in [6.45, 7) is 5.10. The minimum absolute atomic E-state index is 0.0766. The zero-order chi connectivity index (χ0) is 27.1. The third-order valence-corrected chi connectivity index (χ3v) is 6.33. The van der Waals surface area contributed by atoms with Crippen molar-refractivity contribution in [3.05, 3.63) is 52.3 Å². The lowest BCUT2D eigenvalue weighted by molar-refractivity contribution is 0.0962. The molecule has 0 saturated heterocycles. The Kier molecular flexibility index (Phi) is 9.32. The second-order valence-corrected chi connectivity index (χ2v) is 8.72. The van der Waals surface area contributed by atoms with E-state index in [0.717, 1.165) is 18.4 Å². The molecule has 0 atom stereocenters. The summed E-state index contributed by atoms with van der Waals surface area (Å²) < 4.78 is 31.1. The van der Waals surface area contributed by atoms with Crippen molar-refractivity contribution < 1.29 is 33.3 Å². The summed E-state index contributed by atoms with van der Waals surface area (Å²) >= 11 is 0. The van der Waals surface area contributed by atoms with E-state index in [1.54, 1.807) is 24.3 Å². The molecule has 2 aromatic rings. The largest absolute Gasteiger partial charge is 0.494 e. The van der Waals surface area contributed by atoms with Gasteiger partial charge in [-0.05, 0) is 43.0 Å². The summed E-state index contributed by atoms with van der Waals surface area (Å²) in [6.07, 6.45) is 1.18. The molecule has 0 unspecified atom stereocenters. The van der Waals surface area contributed by atoms with E-state index in [2.05, 4.69) is 0 Å². The molecule has 200 valence electrons. The Balaban J connectivity index is 1.75. The molecule has 10 heteroatoms. The molecule has 9 nitrogen and oxygen atoms in total. The molecule has 0 bridgehead atoms. The van der Waals surface area contributed by atoms with Gasteiger partial charge in [0.05, 0.1) is 32.9 Å². The quantitative estimate of drug-likeness (QED) is 0.375. The highest BCUT2D eigenvalue weighted by atomic mass is 19.1. The number of carboxylic acid groups (broad SMARTS) is 1. The fourth-order valence-corrected chi connectivity index (χ4v) is 4.36. The summed E-state index contributed by atoms with van der Waals surface area (Å²) in [5, 5.41) is 17.9. The highest BCUT2D eigenvalue weighted by Gasteiger charge is 2.33. The van der Waals surface area contributed by atoms with Gasteiger partial charge in [-0.15, -0.1) is 0 Å². The molecule has 1 aliphatic heterocycles. The van der Waals surface area contributed by atoms with Gasteiger partial charge >= 0.3 is 6.09 Å². The van der Waals surface area contributed by atoms with E-state index in [0.29, 0.717) is 43.0 Å². The number of nitrogens with one attached hydrogen (secondary N) is 1. The lowest BCUT2D eigenvalue weighted by Gasteiger charge is -2.20. The maximum absolute atomic E-state index is 15.0. The molecular formula is C27H34FN3O6. The van der Waals surface area contributed by atoms with Gasteiger partial charge in [0.25, 0.3) is 0 Å². The molecule has 0 saturated carbocycles. The average Bonchev–Trinajstić information content (AvgIpc) is 3.19. The molecule has 37 heavy (non-hydrogen) atoms. The van der Waals surface area contributed by atoms with E-state index in [4.69, 9.17) is 19.6 Å². The van der Waals surface area contributed by atoms with Gasteiger partial charge in [-0.3, -0.25) is 10.2 Å². The van der Waals surface area contributed by atoms with Gasteiger partial charge < -0.3 is 29.1 Å². The number of carbonyl (C=O) groups excluding carboxylic acids is 1. The van der Waals surface area contributed by atoms with Crippen LogP contribution in [0.1, 0.15) is 53.7 Å². The fraction of sp³-hybridized carbons (Fsp3) is 0.444. The first-order valence-corrected chi connectivity index (χ1v) is 12.3. The summed E-state index contributed by atoms with van der Waals surface area (Å²) in [4.78, 5) is 27.6. The topological polar surface area (TPSA) is 112 Å². The van der Waals surface area contributed by atoms with Crippen molar-refractivity contribution in [3.8, 4) is 17.2 Å². The third-order valence-electron chi connectivity index (χ3n) is 6.33. The van der Waals surface area contributed by atoms with Crippen LogP contribution in [-0.4, -0.2) is 73.1 Å². The number of unbranched alkanes of at least 4 members (excludes halogenated alkanes) is 1. The molecular weight excluding hydrogens is 481 g/mol. The number of amides is 1. The molecule has 3 rings (SSSR count). The number of fused-ring (bicyclic) bond motifs is 1. The molecule has 0 fully saturated rings. The van der Waals surface area contributed by atoms with Crippen molar-refractivity contribution in [3.63, 3.8) is 0 Å². The van der Waals surface area contributed by atoms with Crippen LogP contribution in [0.4, 0.5) is 9.18 Å². The highest BCUT2D eigenvalue weighted by Crippen LogP contribution is 2.38. The average molecular weight is 516 g/mol. The Hall–Kier alpha value is -3.82. The Morgan fingerprint density at radius 1 is 1.14 bits per heavy atom. The maximum Gasteiger partial charge on any atom is 0.407 e. The molecule has 0 spiro atoms. The van der Waals surface area contributed by atoms with E-state index >= 15 is 4.39 Å². The fourth-order valence-electron chi connectivity index (χ4n) is 4.36. The van der Waals surface area contributed by atoms with Crippen molar-refractivity contribution >= 4 is 17.7 Å². The van der Waals surface area contributed by atoms with Crippen molar-refractivity contribution in [1.82, 2.24) is 9.80 Å².